The van der Waals surface area contributed by atoms with E-state index in [0.29, 0.717) is 29.6 Å². The maximum atomic E-state index is 13.1. The summed E-state index contributed by atoms with van der Waals surface area (Å²) in [6, 6.07) is 12.2. The van der Waals surface area contributed by atoms with Crippen molar-refractivity contribution in [2.45, 2.75) is 40.3 Å². The summed E-state index contributed by atoms with van der Waals surface area (Å²) in [7, 11) is 0. The van der Waals surface area contributed by atoms with Crippen LogP contribution >= 0.6 is 11.6 Å². The van der Waals surface area contributed by atoms with Crippen LogP contribution in [0.5, 0.6) is 5.75 Å². The summed E-state index contributed by atoms with van der Waals surface area (Å²) in [5.74, 6) is 1.12. The Morgan fingerprint density at radius 2 is 2.04 bits per heavy atom. The number of carbonyl (C=O) groups is 1. The quantitative estimate of drug-likeness (QED) is 0.601. The molecule has 5 nitrogen and oxygen atoms in total. The lowest BCUT2D eigenvalue weighted by Gasteiger charge is -2.25. The highest BCUT2D eigenvalue weighted by molar-refractivity contribution is 6.31. The van der Waals surface area contributed by atoms with Gasteiger partial charge in [-0.15, -0.1) is 0 Å². The van der Waals surface area contributed by atoms with E-state index in [4.69, 9.17) is 16.6 Å². The molecule has 0 atom stereocenters. The van der Waals surface area contributed by atoms with Crippen molar-refractivity contribution in [1.29, 1.82) is 0 Å². The SMILES string of the molecule is CCCn1c(CN(CC(C)C)C(=O)c2cccc(O)c2)nc2ccc(Cl)cc21. The Morgan fingerprint density at radius 3 is 2.71 bits per heavy atom. The monoisotopic (exact) mass is 399 g/mol. The molecule has 3 rings (SSSR count). The number of fused-ring (bicyclic) bond motifs is 1. The molecular formula is C22H26ClN3O2. The summed E-state index contributed by atoms with van der Waals surface area (Å²) in [6.45, 7) is 8.09. The maximum Gasteiger partial charge on any atom is 0.254 e. The van der Waals surface area contributed by atoms with Gasteiger partial charge in [0.15, 0.2) is 0 Å². The molecule has 1 aromatic heterocycles. The molecule has 0 spiro atoms. The molecular weight excluding hydrogens is 374 g/mol. The summed E-state index contributed by atoms with van der Waals surface area (Å²) in [4.78, 5) is 19.7. The van der Waals surface area contributed by atoms with Gasteiger partial charge in [0.2, 0.25) is 0 Å². The summed E-state index contributed by atoms with van der Waals surface area (Å²) in [5.41, 5.74) is 2.34. The first-order chi connectivity index (χ1) is 13.4. The Hall–Kier alpha value is -2.53. The molecule has 1 N–H and O–H groups in total. The van der Waals surface area contributed by atoms with E-state index in [0.717, 1.165) is 29.8 Å². The van der Waals surface area contributed by atoms with Gasteiger partial charge in [-0.05, 0) is 48.7 Å². The van der Waals surface area contributed by atoms with Gasteiger partial charge < -0.3 is 14.6 Å². The van der Waals surface area contributed by atoms with Crippen molar-refractivity contribution in [3.8, 4) is 5.75 Å². The lowest BCUT2D eigenvalue weighted by Crippen LogP contribution is -2.34. The molecule has 2 aromatic carbocycles. The number of nitrogens with zero attached hydrogens (tertiary/aromatic N) is 3. The van der Waals surface area contributed by atoms with Crippen molar-refractivity contribution >= 4 is 28.5 Å². The Morgan fingerprint density at radius 1 is 1.25 bits per heavy atom. The van der Waals surface area contributed by atoms with E-state index < -0.39 is 0 Å². The average Bonchev–Trinajstić information content (AvgIpc) is 2.97. The fourth-order valence-electron chi connectivity index (χ4n) is 3.39. The zero-order valence-corrected chi connectivity index (χ0v) is 17.3. The molecule has 0 bridgehead atoms. The first-order valence-corrected chi connectivity index (χ1v) is 9.99. The molecule has 28 heavy (non-hydrogen) atoms. The van der Waals surface area contributed by atoms with Gasteiger partial charge >= 0.3 is 0 Å². The molecule has 1 heterocycles. The second kappa shape index (κ2) is 8.65. The third kappa shape index (κ3) is 4.47. The van der Waals surface area contributed by atoms with E-state index in [1.54, 1.807) is 23.1 Å². The van der Waals surface area contributed by atoms with Crippen molar-refractivity contribution in [2.75, 3.05) is 6.54 Å². The number of imidazole rings is 1. The fraction of sp³-hybridized carbons (Fsp3) is 0.364. The van der Waals surface area contributed by atoms with E-state index in [1.165, 1.54) is 6.07 Å². The number of aryl methyl sites for hydroxylation is 1. The van der Waals surface area contributed by atoms with E-state index >= 15 is 0 Å². The summed E-state index contributed by atoms with van der Waals surface area (Å²) in [6.07, 6.45) is 0.954. The van der Waals surface area contributed by atoms with E-state index in [2.05, 4.69) is 25.3 Å². The molecule has 3 aromatic rings. The van der Waals surface area contributed by atoms with Gasteiger partial charge in [-0.2, -0.15) is 0 Å². The molecule has 1 amide bonds. The first kappa shape index (κ1) is 20.2. The predicted octanol–water partition coefficient (Wildman–Crippen LogP) is 5.10. The number of rotatable bonds is 7. The van der Waals surface area contributed by atoms with Crippen LogP contribution in [0, 0.1) is 5.92 Å². The second-order valence-electron chi connectivity index (χ2n) is 7.44. The van der Waals surface area contributed by atoms with Crippen LogP contribution in [0.2, 0.25) is 5.02 Å². The van der Waals surface area contributed by atoms with Gasteiger partial charge in [0.25, 0.3) is 5.91 Å². The molecule has 0 saturated carbocycles. The molecule has 6 heteroatoms. The van der Waals surface area contributed by atoms with Crippen molar-refractivity contribution < 1.29 is 9.90 Å². The minimum Gasteiger partial charge on any atom is -0.508 e. The van der Waals surface area contributed by atoms with Gasteiger partial charge in [0.05, 0.1) is 17.6 Å². The minimum atomic E-state index is -0.113. The predicted molar refractivity (Wildman–Crippen MR) is 113 cm³/mol. The zero-order valence-electron chi connectivity index (χ0n) is 16.5. The highest BCUT2D eigenvalue weighted by Crippen LogP contribution is 2.23. The highest BCUT2D eigenvalue weighted by atomic mass is 35.5. The summed E-state index contributed by atoms with van der Waals surface area (Å²) in [5, 5.41) is 10.4. The molecule has 0 saturated heterocycles. The van der Waals surface area contributed by atoms with Gasteiger partial charge in [0, 0.05) is 23.7 Å². The number of aromatic nitrogens is 2. The second-order valence-corrected chi connectivity index (χ2v) is 7.88. The lowest BCUT2D eigenvalue weighted by atomic mass is 10.1. The van der Waals surface area contributed by atoms with E-state index in [1.807, 2.05) is 18.2 Å². The number of benzene rings is 2. The Balaban J connectivity index is 1.98. The number of hydrogen-bond donors (Lipinski definition) is 1. The maximum absolute atomic E-state index is 13.1. The standard InChI is InChI=1S/C22H26ClN3O2/c1-4-10-26-20-12-17(23)8-9-19(20)24-21(26)14-25(13-15(2)3)22(28)16-6-5-7-18(27)11-16/h5-9,11-12,15,27H,4,10,13-14H2,1-3H3. The number of phenols is 1. The Labute approximate surface area is 170 Å². The first-order valence-electron chi connectivity index (χ1n) is 9.62. The largest absolute Gasteiger partial charge is 0.508 e. The minimum absolute atomic E-state index is 0.0863. The van der Waals surface area contributed by atoms with E-state index in [-0.39, 0.29) is 11.7 Å². The van der Waals surface area contributed by atoms with Gasteiger partial charge in [-0.25, -0.2) is 4.98 Å². The third-order valence-corrected chi connectivity index (χ3v) is 4.77. The Bertz CT molecular complexity index is 981. The average molecular weight is 400 g/mol. The van der Waals surface area contributed by atoms with Crippen molar-refractivity contribution in [2.24, 2.45) is 5.92 Å². The number of carbonyl (C=O) groups excluding carboxylic acids is 1. The molecule has 0 aliphatic rings. The van der Waals surface area contributed by atoms with Gasteiger partial charge in [0.1, 0.15) is 11.6 Å². The van der Waals surface area contributed by atoms with Crippen LogP contribution < -0.4 is 0 Å². The van der Waals surface area contributed by atoms with Crippen LogP contribution in [-0.2, 0) is 13.1 Å². The van der Waals surface area contributed by atoms with Crippen LogP contribution in [0.15, 0.2) is 42.5 Å². The zero-order chi connectivity index (χ0) is 20.3. The van der Waals surface area contributed by atoms with Crippen LogP contribution in [0.3, 0.4) is 0 Å². The van der Waals surface area contributed by atoms with Crippen LogP contribution in [0.1, 0.15) is 43.4 Å². The van der Waals surface area contributed by atoms with Crippen molar-refractivity contribution in [3.05, 3.63) is 58.9 Å². The number of aromatic hydroxyl groups is 1. The molecule has 0 unspecified atom stereocenters. The number of hydrogen-bond acceptors (Lipinski definition) is 3. The normalized spacial score (nSPS) is 11.3. The van der Waals surface area contributed by atoms with Crippen molar-refractivity contribution in [1.82, 2.24) is 14.5 Å². The highest BCUT2D eigenvalue weighted by Gasteiger charge is 2.21. The molecule has 0 radical (unpaired) electrons. The van der Waals surface area contributed by atoms with Gasteiger partial charge in [-0.1, -0.05) is 38.4 Å². The molecule has 0 aliphatic heterocycles. The summed E-state index contributed by atoms with van der Waals surface area (Å²) >= 11 is 6.19. The van der Waals surface area contributed by atoms with Crippen LogP contribution in [0.25, 0.3) is 11.0 Å². The summed E-state index contributed by atoms with van der Waals surface area (Å²) < 4.78 is 2.14. The smallest absolute Gasteiger partial charge is 0.254 e. The van der Waals surface area contributed by atoms with Crippen molar-refractivity contribution in [3.63, 3.8) is 0 Å². The third-order valence-electron chi connectivity index (χ3n) is 4.53. The van der Waals surface area contributed by atoms with Crippen LogP contribution in [-0.4, -0.2) is 32.0 Å². The fourth-order valence-corrected chi connectivity index (χ4v) is 3.56. The number of halogens is 1. The van der Waals surface area contributed by atoms with Gasteiger partial charge in [-0.3, -0.25) is 4.79 Å². The lowest BCUT2D eigenvalue weighted by molar-refractivity contribution is 0.0716. The molecule has 0 aliphatic carbocycles. The Kier molecular flexibility index (Phi) is 6.25. The topological polar surface area (TPSA) is 58.4 Å². The number of phenolic OH excluding ortho intramolecular Hbond substituents is 1. The van der Waals surface area contributed by atoms with Crippen LogP contribution in [0.4, 0.5) is 0 Å². The van der Waals surface area contributed by atoms with E-state index in [9.17, 15) is 9.90 Å². The molecule has 148 valence electrons. The molecule has 0 fully saturated rings. The number of amides is 1.